The van der Waals surface area contributed by atoms with E-state index in [1.807, 2.05) is 17.8 Å². The van der Waals surface area contributed by atoms with Crippen LogP contribution in [0, 0.1) is 5.82 Å². The standard InChI is InChI=1S/C30H38FN7O4S/c1-30(2,3)43(7,8)42-25-11-19(34-29(25)39)17-38-26(35-22-12-20(40-5)13-24(41-6)27(22)31)10-9-21-28(38)36-23(15-32-21)18-14-33-37(4)16-18/h9-10,12-16,19,25H,11,17H2,1-8H3,(H,34,39). The molecular formula is C30H38FN7O4S. The Morgan fingerprint density at radius 1 is 1.16 bits per heavy atom. The highest BCUT2D eigenvalue weighted by Crippen LogP contribution is 2.55. The molecule has 0 aliphatic carbocycles. The lowest BCUT2D eigenvalue weighted by Gasteiger charge is -2.44. The van der Waals surface area contributed by atoms with Gasteiger partial charge in [-0.1, -0.05) is 20.8 Å². The number of aromatic nitrogens is 5. The highest BCUT2D eigenvalue weighted by Gasteiger charge is 2.39. The minimum Gasteiger partial charge on any atom is -0.497 e. The zero-order chi connectivity index (χ0) is 31.1. The number of carbonyl (C=O) groups is 1. The summed E-state index contributed by atoms with van der Waals surface area (Å²) in [7, 11) is 3.18. The van der Waals surface area contributed by atoms with Crippen LogP contribution in [0.15, 0.2) is 47.8 Å². The number of pyridine rings is 1. The molecule has 1 aliphatic heterocycles. The van der Waals surface area contributed by atoms with Crippen molar-refractivity contribution in [2.24, 2.45) is 12.0 Å². The number of hydrogen-bond acceptors (Lipinski definition) is 8. The molecule has 0 bridgehead atoms. The SMILES string of the molecule is COc1cc(N=c2ccc3ncc(-c4cnn(C)c4)nc3n2CC2CC(OS(C)(C)C(C)(C)C)C(=O)N2)c(F)c(OC)c1. The summed E-state index contributed by atoms with van der Waals surface area (Å²) in [6.07, 6.45) is 9.29. The Labute approximate surface area is 251 Å². The second-order valence-corrected chi connectivity index (χ2v) is 15.7. The van der Waals surface area contributed by atoms with Crippen molar-refractivity contribution in [2.45, 2.75) is 50.6 Å². The molecule has 0 saturated carbocycles. The number of halogens is 1. The third kappa shape index (κ3) is 6.23. The number of amides is 1. The molecule has 1 saturated heterocycles. The van der Waals surface area contributed by atoms with Crippen molar-refractivity contribution in [3.05, 3.63) is 54.2 Å². The fourth-order valence-corrected chi connectivity index (χ4v) is 5.67. The van der Waals surface area contributed by atoms with Gasteiger partial charge in [0.25, 0.3) is 5.91 Å². The van der Waals surface area contributed by atoms with Crippen molar-refractivity contribution in [1.29, 1.82) is 0 Å². The highest BCUT2D eigenvalue weighted by molar-refractivity contribution is 8.29. The van der Waals surface area contributed by atoms with Gasteiger partial charge in [-0.15, -0.1) is 10.3 Å². The smallest absolute Gasteiger partial charge is 0.250 e. The summed E-state index contributed by atoms with van der Waals surface area (Å²) in [5.74, 6) is -0.369. The Morgan fingerprint density at radius 3 is 2.58 bits per heavy atom. The number of ether oxygens (including phenoxy) is 2. The molecule has 230 valence electrons. The lowest BCUT2D eigenvalue weighted by molar-refractivity contribution is -0.124. The fraction of sp³-hybridized carbons (Fsp3) is 0.433. The molecule has 0 spiro atoms. The van der Waals surface area contributed by atoms with Gasteiger partial charge in [-0.05, 0) is 24.6 Å². The van der Waals surface area contributed by atoms with Crippen molar-refractivity contribution in [1.82, 2.24) is 29.6 Å². The molecule has 1 N–H and O–H groups in total. The zero-order valence-corrected chi connectivity index (χ0v) is 26.5. The normalized spacial score (nSPS) is 18.3. The minimum absolute atomic E-state index is 0.0103. The molecular weight excluding hydrogens is 573 g/mol. The number of aryl methyl sites for hydroxylation is 1. The second-order valence-electron chi connectivity index (χ2n) is 11.8. The second kappa shape index (κ2) is 11.6. The van der Waals surface area contributed by atoms with Crippen LogP contribution in [0.1, 0.15) is 27.2 Å². The first-order chi connectivity index (χ1) is 20.3. The Balaban J connectivity index is 1.62. The summed E-state index contributed by atoms with van der Waals surface area (Å²) in [6.45, 7) is 6.67. The molecule has 2 unspecified atom stereocenters. The van der Waals surface area contributed by atoms with Crippen LogP contribution in [0.4, 0.5) is 10.1 Å². The van der Waals surface area contributed by atoms with Crippen molar-refractivity contribution in [3.63, 3.8) is 0 Å². The van der Waals surface area contributed by atoms with E-state index in [0.29, 0.717) is 41.1 Å². The Hall–Kier alpha value is -3.97. The van der Waals surface area contributed by atoms with Gasteiger partial charge in [0, 0.05) is 54.7 Å². The topological polar surface area (TPSA) is 118 Å². The third-order valence-electron chi connectivity index (χ3n) is 7.76. The van der Waals surface area contributed by atoms with E-state index < -0.39 is 22.2 Å². The molecule has 1 aliphatic rings. The van der Waals surface area contributed by atoms with Crippen LogP contribution in [0.2, 0.25) is 0 Å². The van der Waals surface area contributed by atoms with Crippen molar-refractivity contribution < 1.29 is 22.8 Å². The molecule has 1 amide bonds. The first-order valence-corrected chi connectivity index (χ1v) is 16.2. The Bertz CT molecular complexity index is 1740. The Kier molecular flexibility index (Phi) is 8.23. The maximum atomic E-state index is 15.4. The van der Waals surface area contributed by atoms with Crippen molar-refractivity contribution in [3.8, 4) is 22.8 Å². The van der Waals surface area contributed by atoms with Crippen LogP contribution in [-0.4, -0.2) is 73.8 Å². The summed E-state index contributed by atoms with van der Waals surface area (Å²) in [4.78, 5) is 27.3. The van der Waals surface area contributed by atoms with E-state index in [4.69, 9.17) is 23.6 Å². The van der Waals surface area contributed by atoms with Gasteiger partial charge in [0.1, 0.15) is 22.4 Å². The first kappa shape index (κ1) is 30.5. The van der Waals surface area contributed by atoms with Gasteiger partial charge in [-0.3, -0.25) is 14.5 Å². The van der Waals surface area contributed by atoms with Crippen molar-refractivity contribution in [2.75, 3.05) is 26.7 Å². The number of nitrogens with zero attached hydrogens (tertiary/aromatic N) is 6. The van der Waals surface area contributed by atoms with E-state index in [-0.39, 0.29) is 28.1 Å². The predicted octanol–water partition coefficient (Wildman–Crippen LogP) is 4.27. The van der Waals surface area contributed by atoms with E-state index in [1.54, 1.807) is 29.2 Å². The summed E-state index contributed by atoms with van der Waals surface area (Å²) < 4.78 is 35.8. The molecule has 4 heterocycles. The number of fused-ring (bicyclic) bond motifs is 1. The molecule has 0 radical (unpaired) electrons. The maximum Gasteiger partial charge on any atom is 0.250 e. The average molecular weight is 612 g/mol. The first-order valence-electron chi connectivity index (χ1n) is 13.8. The van der Waals surface area contributed by atoms with Crippen LogP contribution < -0.4 is 20.3 Å². The van der Waals surface area contributed by atoms with E-state index in [2.05, 4.69) is 48.7 Å². The van der Waals surface area contributed by atoms with E-state index in [0.717, 1.165) is 5.56 Å². The molecule has 1 aromatic carbocycles. The number of methoxy groups -OCH3 is 2. The van der Waals surface area contributed by atoms with Crippen LogP contribution >= 0.6 is 10.3 Å². The molecule has 2 atom stereocenters. The third-order valence-corrected chi connectivity index (χ3v) is 11.4. The van der Waals surface area contributed by atoms with E-state index in [9.17, 15) is 4.79 Å². The lowest BCUT2D eigenvalue weighted by Crippen LogP contribution is -2.35. The van der Waals surface area contributed by atoms with Gasteiger partial charge in [0.15, 0.2) is 23.3 Å². The number of rotatable bonds is 8. The average Bonchev–Trinajstić information content (AvgIpc) is 3.54. The summed E-state index contributed by atoms with van der Waals surface area (Å²) in [6, 6.07) is 6.22. The minimum atomic E-state index is -1.53. The van der Waals surface area contributed by atoms with Gasteiger partial charge in [-0.25, -0.2) is 14.4 Å². The van der Waals surface area contributed by atoms with Gasteiger partial charge in [0.05, 0.1) is 32.3 Å². The summed E-state index contributed by atoms with van der Waals surface area (Å²) in [5, 5.41) is 7.35. The molecule has 11 nitrogen and oxygen atoms in total. The molecule has 43 heavy (non-hydrogen) atoms. The number of hydrogen-bond donors (Lipinski definition) is 1. The largest absolute Gasteiger partial charge is 0.497 e. The van der Waals surface area contributed by atoms with Gasteiger partial charge >= 0.3 is 0 Å². The quantitative estimate of drug-likeness (QED) is 0.316. The number of carbonyl (C=O) groups excluding carboxylic acids is 1. The van der Waals surface area contributed by atoms with E-state index >= 15 is 4.39 Å². The molecule has 3 aromatic heterocycles. The number of benzene rings is 1. The van der Waals surface area contributed by atoms with Gasteiger partial charge in [-0.2, -0.15) is 5.10 Å². The van der Waals surface area contributed by atoms with E-state index in [1.165, 1.54) is 26.4 Å². The van der Waals surface area contributed by atoms with Crippen LogP contribution in [-0.2, 0) is 22.6 Å². The molecule has 13 heteroatoms. The monoisotopic (exact) mass is 611 g/mol. The van der Waals surface area contributed by atoms with Gasteiger partial charge < -0.3 is 23.5 Å². The van der Waals surface area contributed by atoms with Crippen LogP contribution in [0.5, 0.6) is 11.5 Å². The molecule has 5 rings (SSSR count). The fourth-order valence-electron chi connectivity index (χ4n) is 4.63. The summed E-state index contributed by atoms with van der Waals surface area (Å²) >= 11 is 0. The molecule has 1 fully saturated rings. The van der Waals surface area contributed by atoms with Crippen LogP contribution in [0.25, 0.3) is 22.4 Å². The van der Waals surface area contributed by atoms with Gasteiger partial charge in [0.2, 0.25) is 0 Å². The zero-order valence-electron chi connectivity index (χ0n) is 25.7. The summed E-state index contributed by atoms with van der Waals surface area (Å²) in [5.41, 5.74) is 3.01. The number of nitrogens with one attached hydrogen (secondary N) is 1. The predicted molar refractivity (Wildman–Crippen MR) is 165 cm³/mol. The lowest BCUT2D eigenvalue weighted by atomic mass is 10.2. The maximum absolute atomic E-state index is 15.4. The Morgan fingerprint density at radius 2 is 1.93 bits per heavy atom. The van der Waals surface area contributed by atoms with Crippen molar-refractivity contribution >= 4 is 33.1 Å². The molecule has 4 aromatic rings. The van der Waals surface area contributed by atoms with Crippen LogP contribution in [0.3, 0.4) is 0 Å². The highest BCUT2D eigenvalue weighted by atomic mass is 32.3.